The molecule has 2 aromatic carbocycles. The lowest BCUT2D eigenvalue weighted by Crippen LogP contribution is -2.41. The van der Waals surface area contributed by atoms with Gasteiger partial charge in [0.25, 0.3) is 5.56 Å². The molecule has 186 valence electrons. The number of fused-ring (bicyclic) bond motifs is 1. The highest BCUT2D eigenvalue weighted by Crippen LogP contribution is 2.27. The third-order valence-corrected chi connectivity index (χ3v) is 5.59. The third kappa shape index (κ3) is 6.51. The van der Waals surface area contributed by atoms with Crippen LogP contribution in [-0.2, 0) is 22.7 Å². The van der Waals surface area contributed by atoms with E-state index < -0.39 is 17.2 Å². The van der Waals surface area contributed by atoms with E-state index >= 15 is 0 Å². The van der Waals surface area contributed by atoms with Crippen molar-refractivity contribution in [1.29, 1.82) is 0 Å². The first-order chi connectivity index (χ1) is 16.7. The van der Waals surface area contributed by atoms with Crippen LogP contribution in [0, 0.1) is 0 Å². The molecule has 35 heavy (non-hydrogen) atoms. The highest BCUT2D eigenvalue weighted by atomic mass is 35.5. The predicted octanol–water partition coefficient (Wildman–Crippen LogP) is 3.16. The molecule has 9 nitrogen and oxygen atoms in total. The number of hydrogen-bond donors (Lipinski definition) is 2. The van der Waals surface area contributed by atoms with Crippen molar-refractivity contribution in [2.75, 3.05) is 12.4 Å². The van der Waals surface area contributed by atoms with Gasteiger partial charge in [-0.2, -0.15) is 0 Å². The number of hydrogen-bond acceptors (Lipinski definition) is 5. The van der Waals surface area contributed by atoms with Gasteiger partial charge in [-0.05, 0) is 57.0 Å². The van der Waals surface area contributed by atoms with Crippen LogP contribution in [0.1, 0.15) is 33.1 Å². The molecule has 0 spiro atoms. The van der Waals surface area contributed by atoms with Crippen molar-refractivity contribution in [3.05, 3.63) is 68.3 Å². The molecule has 0 saturated heterocycles. The van der Waals surface area contributed by atoms with E-state index in [4.69, 9.17) is 16.3 Å². The SMILES string of the molecule is COc1ccc(Cl)cc1NC(=O)Cn1c(=O)n(CCCCC(=O)NC(C)C)c(=O)c2ccccc21. The van der Waals surface area contributed by atoms with E-state index in [2.05, 4.69) is 10.6 Å². The summed E-state index contributed by atoms with van der Waals surface area (Å²) in [6, 6.07) is 11.5. The average molecular weight is 501 g/mol. The number of nitrogens with zero attached hydrogens (tertiary/aromatic N) is 2. The summed E-state index contributed by atoms with van der Waals surface area (Å²) in [5.41, 5.74) is -0.280. The third-order valence-electron chi connectivity index (χ3n) is 5.35. The molecule has 2 amide bonds. The fraction of sp³-hybridized carbons (Fsp3) is 0.360. The summed E-state index contributed by atoms with van der Waals surface area (Å²) < 4.78 is 7.65. The fourth-order valence-electron chi connectivity index (χ4n) is 3.78. The average Bonchev–Trinajstić information content (AvgIpc) is 2.81. The zero-order chi connectivity index (χ0) is 25.5. The molecule has 2 N–H and O–H groups in total. The summed E-state index contributed by atoms with van der Waals surface area (Å²) in [6.07, 6.45) is 1.29. The number of rotatable bonds is 10. The van der Waals surface area contributed by atoms with Crippen LogP contribution < -0.4 is 26.6 Å². The highest BCUT2D eigenvalue weighted by molar-refractivity contribution is 6.31. The minimum Gasteiger partial charge on any atom is -0.495 e. The van der Waals surface area contributed by atoms with Crippen LogP contribution in [0.15, 0.2) is 52.1 Å². The molecule has 0 unspecified atom stereocenters. The van der Waals surface area contributed by atoms with Gasteiger partial charge in [0.1, 0.15) is 12.3 Å². The fourth-order valence-corrected chi connectivity index (χ4v) is 3.95. The van der Waals surface area contributed by atoms with Gasteiger partial charge in [0.05, 0.1) is 23.7 Å². The number of unbranched alkanes of at least 4 members (excludes halogenated alkanes) is 1. The molecule has 3 rings (SSSR count). The van der Waals surface area contributed by atoms with E-state index in [-0.39, 0.29) is 25.0 Å². The number of halogens is 1. The smallest absolute Gasteiger partial charge is 0.331 e. The van der Waals surface area contributed by atoms with Crippen LogP contribution in [0.2, 0.25) is 5.02 Å². The summed E-state index contributed by atoms with van der Waals surface area (Å²) in [5.74, 6) is -0.129. The van der Waals surface area contributed by atoms with Gasteiger partial charge in [0.2, 0.25) is 11.8 Å². The zero-order valence-corrected chi connectivity index (χ0v) is 20.7. The number of para-hydroxylation sites is 1. The predicted molar refractivity (Wildman–Crippen MR) is 136 cm³/mol. The molecule has 0 aliphatic carbocycles. The second-order valence-corrected chi connectivity index (χ2v) is 8.85. The quantitative estimate of drug-likeness (QED) is 0.415. The lowest BCUT2D eigenvalue weighted by Gasteiger charge is -2.15. The van der Waals surface area contributed by atoms with Gasteiger partial charge in [-0.15, -0.1) is 0 Å². The second kappa shape index (κ2) is 11.7. The molecule has 0 saturated carbocycles. The molecule has 3 aromatic rings. The Labute approximate surface area is 207 Å². The molecule has 0 bridgehead atoms. The van der Waals surface area contributed by atoms with E-state index in [9.17, 15) is 19.2 Å². The van der Waals surface area contributed by atoms with Gasteiger partial charge in [0, 0.05) is 24.0 Å². The van der Waals surface area contributed by atoms with Gasteiger partial charge in [-0.1, -0.05) is 23.7 Å². The number of ether oxygens (including phenoxy) is 1. The number of anilines is 1. The standard InChI is InChI=1S/C25H29ClN4O5/c1-16(2)27-22(31)10-6-7-13-29-24(33)18-8-4-5-9-20(18)30(25(29)34)15-23(32)28-19-14-17(26)11-12-21(19)35-3/h4-5,8-9,11-12,14,16H,6-7,10,13,15H2,1-3H3,(H,27,31)(H,28,32). The number of amides is 2. The van der Waals surface area contributed by atoms with E-state index in [0.29, 0.717) is 46.6 Å². The van der Waals surface area contributed by atoms with E-state index in [1.165, 1.54) is 11.7 Å². The van der Waals surface area contributed by atoms with Crippen LogP contribution in [0.5, 0.6) is 5.75 Å². The first-order valence-electron chi connectivity index (χ1n) is 11.4. The van der Waals surface area contributed by atoms with Gasteiger partial charge in [-0.25, -0.2) is 4.79 Å². The monoisotopic (exact) mass is 500 g/mol. The van der Waals surface area contributed by atoms with E-state index in [1.54, 1.807) is 42.5 Å². The topological polar surface area (TPSA) is 111 Å². The Bertz CT molecular complexity index is 1350. The lowest BCUT2D eigenvalue weighted by atomic mass is 10.2. The number of aromatic nitrogens is 2. The maximum absolute atomic E-state index is 13.3. The molecule has 0 fully saturated rings. The maximum Gasteiger partial charge on any atom is 0.331 e. The summed E-state index contributed by atoms with van der Waals surface area (Å²) in [4.78, 5) is 51.0. The molecule has 0 aliphatic heterocycles. The molecular formula is C25H29ClN4O5. The second-order valence-electron chi connectivity index (χ2n) is 8.41. The molecule has 10 heteroatoms. The van der Waals surface area contributed by atoms with Gasteiger partial charge in [0.15, 0.2) is 0 Å². The first kappa shape index (κ1) is 26.0. The first-order valence-corrected chi connectivity index (χ1v) is 11.7. The summed E-state index contributed by atoms with van der Waals surface area (Å²) in [7, 11) is 1.47. The van der Waals surface area contributed by atoms with Crippen LogP contribution in [-0.4, -0.2) is 34.1 Å². The Kier molecular flexibility index (Phi) is 8.70. The van der Waals surface area contributed by atoms with Crippen molar-refractivity contribution >= 4 is 40.0 Å². The molecule has 1 aromatic heterocycles. The zero-order valence-electron chi connectivity index (χ0n) is 20.0. The Morgan fingerprint density at radius 1 is 1.03 bits per heavy atom. The normalized spacial score (nSPS) is 11.0. The molecular weight excluding hydrogens is 472 g/mol. The van der Waals surface area contributed by atoms with Crippen molar-refractivity contribution < 1.29 is 14.3 Å². The van der Waals surface area contributed by atoms with Crippen LogP contribution in [0.3, 0.4) is 0 Å². The van der Waals surface area contributed by atoms with Crippen LogP contribution in [0.25, 0.3) is 10.9 Å². The minimum atomic E-state index is -0.589. The number of benzene rings is 2. The minimum absolute atomic E-state index is 0.0517. The van der Waals surface area contributed by atoms with Gasteiger partial charge < -0.3 is 15.4 Å². The number of carbonyl (C=O) groups is 2. The summed E-state index contributed by atoms with van der Waals surface area (Å²) >= 11 is 6.04. The van der Waals surface area contributed by atoms with Crippen molar-refractivity contribution in [1.82, 2.24) is 14.5 Å². The van der Waals surface area contributed by atoms with Crippen molar-refractivity contribution in [3.63, 3.8) is 0 Å². The van der Waals surface area contributed by atoms with Crippen LogP contribution >= 0.6 is 11.6 Å². The largest absolute Gasteiger partial charge is 0.495 e. The van der Waals surface area contributed by atoms with Crippen LogP contribution in [0.4, 0.5) is 5.69 Å². The Hall–Kier alpha value is -3.59. The Morgan fingerprint density at radius 3 is 2.49 bits per heavy atom. The number of carbonyl (C=O) groups excluding carboxylic acids is 2. The van der Waals surface area contributed by atoms with E-state index in [1.807, 2.05) is 13.8 Å². The molecule has 0 aliphatic rings. The van der Waals surface area contributed by atoms with Crippen molar-refractivity contribution in [3.8, 4) is 5.75 Å². The van der Waals surface area contributed by atoms with Crippen molar-refractivity contribution in [2.24, 2.45) is 0 Å². The Morgan fingerprint density at radius 2 is 1.77 bits per heavy atom. The Balaban J connectivity index is 1.85. The highest BCUT2D eigenvalue weighted by Gasteiger charge is 2.16. The number of methoxy groups -OCH3 is 1. The molecule has 0 radical (unpaired) electrons. The lowest BCUT2D eigenvalue weighted by molar-refractivity contribution is -0.121. The molecule has 1 heterocycles. The maximum atomic E-state index is 13.3. The number of nitrogens with one attached hydrogen (secondary N) is 2. The molecule has 0 atom stereocenters. The van der Waals surface area contributed by atoms with Gasteiger partial charge >= 0.3 is 5.69 Å². The summed E-state index contributed by atoms with van der Waals surface area (Å²) in [6.45, 7) is 3.59. The summed E-state index contributed by atoms with van der Waals surface area (Å²) in [5, 5.41) is 6.28. The van der Waals surface area contributed by atoms with E-state index in [0.717, 1.165) is 4.57 Å². The van der Waals surface area contributed by atoms with Gasteiger partial charge in [-0.3, -0.25) is 23.5 Å². The van der Waals surface area contributed by atoms with Crippen molar-refractivity contribution in [2.45, 2.75) is 52.2 Å².